The number of amides is 1. The molecule has 0 bridgehead atoms. The van der Waals surface area contributed by atoms with E-state index in [1.807, 2.05) is 0 Å². The molecule has 0 atom stereocenters. The predicted molar refractivity (Wildman–Crippen MR) is 124 cm³/mol. The molecule has 0 fully saturated rings. The molecule has 0 unspecified atom stereocenters. The molecule has 4 rings (SSSR count). The fraction of sp³-hybridized carbons (Fsp3) is 0.0476. The van der Waals surface area contributed by atoms with Gasteiger partial charge in [-0.1, -0.05) is 11.6 Å². The summed E-state index contributed by atoms with van der Waals surface area (Å²) in [6.45, 7) is -0.362. The van der Waals surface area contributed by atoms with E-state index < -0.39 is 10.8 Å². The van der Waals surface area contributed by atoms with E-state index in [1.54, 1.807) is 17.5 Å². The van der Waals surface area contributed by atoms with Gasteiger partial charge in [-0.2, -0.15) is 0 Å². The van der Waals surface area contributed by atoms with Crippen LogP contribution in [0.15, 0.2) is 71.5 Å². The lowest BCUT2D eigenvalue weighted by Gasteiger charge is -2.10. The second kappa shape index (κ2) is 10.1. The van der Waals surface area contributed by atoms with Gasteiger partial charge in [-0.15, -0.1) is 16.4 Å². The van der Waals surface area contributed by atoms with E-state index >= 15 is 0 Å². The summed E-state index contributed by atoms with van der Waals surface area (Å²) in [5.74, 6) is -0.319. The number of aromatic nitrogens is 3. The second-order valence-corrected chi connectivity index (χ2v) is 7.93. The number of carbonyl (C=O) groups is 1. The highest BCUT2D eigenvalue weighted by Crippen LogP contribution is 2.31. The Morgan fingerprint density at radius 1 is 1.26 bits per heavy atom. The van der Waals surface area contributed by atoms with Gasteiger partial charge in [0.25, 0.3) is 11.6 Å². The van der Waals surface area contributed by atoms with E-state index in [0.717, 1.165) is 11.3 Å². The van der Waals surface area contributed by atoms with Crippen LogP contribution in [0.3, 0.4) is 0 Å². The number of phenolic OH excluding ortho intramolecular Hbond substituents is 1. The zero-order valence-electron chi connectivity index (χ0n) is 17.2. The van der Waals surface area contributed by atoms with Gasteiger partial charge in [-0.05, 0) is 42.0 Å². The number of thiazole rings is 1. The Bertz CT molecular complexity index is 1410. The number of aromatic hydroxyl groups is 1. The summed E-state index contributed by atoms with van der Waals surface area (Å²) in [5, 5.41) is 27.4. The van der Waals surface area contributed by atoms with E-state index in [-0.39, 0.29) is 39.4 Å². The first-order valence-corrected chi connectivity index (χ1v) is 10.8. The maximum Gasteiger partial charge on any atom is 0.294 e. The van der Waals surface area contributed by atoms with Gasteiger partial charge >= 0.3 is 0 Å². The summed E-state index contributed by atoms with van der Waals surface area (Å²) in [5.41, 5.74) is 3.55. The van der Waals surface area contributed by atoms with E-state index in [4.69, 9.17) is 16.3 Å². The van der Waals surface area contributed by atoms with Crippen LogP contribution in [0.2, 0.25) is 5.02 Å². The summed E-state index contributed by atoms with van der Waals surface area (Å²) < 4.78 is 6.77. The number of nitro benzene ring substituents is 1. The first-order valence-electron chi connectivity index (χ1n) is 9.58. The number of halogens is 1. The molecule has 0 aliphatic carbocycles. The molecule has 0 spiro atoms. The van der Waals surface area contributed by atoms with Crippen LogP contribution in [0.5, 0.6) is 11.6 Å². The average molecular weight is 499 g/mol. The molecule has 0 radical (unpaired) electrons. The molecule has 0 aliphatic heterocycles. The van der Waals surface area contributed by atoms with Gasteiger partial charge in [0.05, 0.1) is 16.8 Å². The molecular weight excluding hydrogens is 484 g/mol. The fourth-order valence-corrected chi connectivity index (χ4v) is 3.95. The van der Waals surface area contributed by atoms with Crippen LogP contribution in [-0.4, -0.2) is 37.1 Å². The second-order valence-electron chi connectivity index (χ2n) is 6.66. The topological polar surface area (TPSA) is 145 Å². The Hall–Kier alpha value is -4.29. The average Bonchev–Trinajstić information content (AvgIpc) is 3.26. The summed E-state index contributed by atoms with van der Waals surface area (Å²) in [6, 6.07) is 10.6. The van der Waals surface area contributed by atoms with Crippen molar-refractivity contribution >= 4 is 34.5 Å². The molecule has 4 aromatic rings. The van der Waals surface area contributed by atoms with Crippen molar-refractivity contribution in [3.8, 4) is 28.6 Å². The standard InChI is InChI=1S/C21H15ClN6O5S/c22-14-3-6-16(17(9-14)28(31)32)27-18(13-1-4-15(29)5-2-13)12-34-21(27)26-25-19(30)11-33-20-10-23-7-8-24-20/h1-10,12,29H,11H2,(H,25,30)/b26-21-. The largest absolute Gasteiger partial charge is 0.508 e. The first-order chi connectivity index (χ1) is 16.4. The van der Waals surface area contributed by atoms with Gasteiger partial charge in [0.15, 0.2) is 6.61 Å². The van der Waals surface area contributed by atoms with Crippen molar-refractivity contribution in [2.24, 2.45) is 5.10 Å². The number of carbonyl (C=O) groups excluding carboxylic acids is 1. The lowest BCUT2D eigenvalue weighted by Crippen LogP contribution is -2.28. The van der Waals surface area contributed by atoms with Gasteiger partial charge < -0.3 is 9.84 Å². The van der Waals surface area contributed by atoms with Crippen molar-refractivity contribution in [2.45, 2.75) is 0 Å². The predicted octanol–water partition coefficient (Wildman–Crippen LogP) is 3.27. The van der Waals surface area contributed by atoms with Crippen molar-refractivity contribution < 1.29 is 19.6 Å². The molecule has 11 nitrogen and oxygen atoms in total. The minimum Gasteiger partial charge on any atom is -0.508 e. The molecule has 0 saturated carbocycles. The monoisotopic (exact) mass is 498 g/mol. The Kier molecular flexibility index (Phi) is 6.80. The highest BCUT2D eigenvalue weighted by molar-refractivity contribution is 7.07. The zero-order chi connectivity index (χ0) is 24.1. The van der Waals surface area contributed by atoms with Crippen LogP contribution < -0.4 is 15.0 Å². The lowest BCUT2D eigenvalue weighted by atomic mass is 10.1. The molecule has 2 aromatic heterocycles. The molecule has 172 valence electrons. The van der Waals surface area contributed by atoms with Crippen LogP contribution in [-0.2, 0) is 4.79 Å². The molecule has 2 N–H and O–H groups in total. The maximum atomic E-state index is 12.2. The molecule has 0 aliphatic rings. The number of ether oxygens (including phenoxy) is 1. The van der Waals surface area contributed by atoms with Gasteiger partial charge in [0.2, 0.25) is 10.7 Å². The Morgan fingerprint density at radius 2 is 2.06 bits per heavy atom. The normalized spacial score (nSPS) is 11.3. The number of nitrogens with one attached hydrogen (secondary N) is 1. The number of rotatable bonds is 7. The summed E-state index contributed by atoms with van der Waals surface area (Å²) in [4.78, 5) is 31.4. The fourth-order valence-electron chi connectivity index (χ4n) is 2.93. The number of nitrogens with zero attached hydrogens (tertiary/aromatic N) is 5. The molecule has 34 heavy (non-hydrogen) atoms. The molecule has 13 heteroatoms. The van der Waals surface area contributed by atoms with Gasteiger partial charge in [-0.25, -0.2) is 10.4 Å². The number of hydrogen-bond donors (Lipinski definition) is 2. The quantitative estimate of drug-likeness (QED) is 0.294. The van der Waals surface area contributed by atoms with Crippen molar-refractivity contribution in [1.29, 1.82) is 0 Å². The minimum atomic E-state index is -0.567. The zero-order valence-corrected chi connectivity index (χ0v) is 18.7. The number of hydrogen-bond acceptors (Lipinski definition) is 9. The van der Waals surface area contributed by atoms with Crippen LogP contribution in [0.25, 0.3) is 16.9 Å². The molecule has 1 amide bonds. The molecular formula is C21H15ClN6O5S. The third kappa shape index (κ3) is 5.19. The van der Waals surface area contributed by atoms with Gasteiger partial charge in [0.1, 0.15) is 11.4 Å². The van der Waals surface area contributed by atoms with E-state index in [9.17, 15) is 20.0 Å². The highest BCUT2D eigenvalue weighted by Gasteiger charge is 2.20. The SMILES string of the molecule is O=C(COc1cnccn1)N/N=c1\scc(-c2ccc(O)cc2)n1-c1ccc(Cl)cc1[N+](=O)[O-]. The third-order valence-electron chi connectivity index (χ3n) is 4.41. The van der Waals surface area contributed by atoms with Gasteiger partial charge in [-0.3, -0.25) is 24.5 Å². The smallest absolute Gasteiger partial charge is 0.294 e. The Labute approximate surface area is 200 Å². The first kappa shape index (κ1) is 22.9. The van der Waals surface area contributed by atoms with E-state index in [0.29, 0.717) is 11.3 Å². The molecule has 2 aromatic carbocycles. The summed E-state index contributed by atoms with van der Waals surface area (Å²) >= 11 is 7.13. The van der Waals surface area contributed by atoms with Crippen LogP contribution in [0, 0.1) is 10.1 Å². The van der Waals surface area contributed by atoms with Crippen LogP contribution in [0.4, 0.5) is 5.69 Å². The Morgan fingerprint density at radius 3 is 2.76 bits per heavy atom. The molecule has 0 saturated heterocycles. The number of phenols is 1. The molecule has 2 heterocycles. The van der Waals surface area contributed by atoms with Crippen molar-refractivity contribution in [1.82, 2.24) is 20.0 Å². The van der Waals surface area contributed by atoms with Gasteiger partial charge in [0, 0.05) is 28.9 Å². The number of benzene rings is 2. The third-order valence-corrected chi connectivity index (χ3v) is 5.47. The van der Waals surface area contributed by atoms with Crippen LogP contribution >= 0.6 is 22.9 Å². The van der Waals surface area contributed by atoms with E-state index in [2.05, 4.69) is 20.5 Å². The Balaban J connectivity index is 1.73. The van der Waals surface area contributed by atoms with Crippen molar-refractivity contribution in [3.63, 3.8) is 0 Å². The van der Waals surface area contributed by atoms with Crippen molar-refractivity contribution in [3.05, 3.63) is 86.4 Å². The lowest BCUT2D eigenvalue weighted by molar-refractivity contribution is -0.384. The minimum absolute atomic E-state index is 0.0725. The van der Waals surface area contributed by atoms with Crippen LogP contribution in [0.1, 0.15) is 0 Å². The van der Waals surface area contributed by atoms with Crippen molar-refractivity contribution in [2.75, 3.05) is 6.61 Å². The highest BCUT2D eigenvalue weighted by atomic mass is 35.5. The summed E-state index contributed by atoms with van der Waals surface area (Å²) in [7, 11) is 0. The maximum absolute atomic E-state index is 12.2. The number of nitro groups is 1. The summed E-state index contributed by atoms with van der Waals surface area (Å²) in [6.07, 6.45) is 4.26. The van der Waals surface area contributed by atoms with E-state index in [1.165, 1.54) is 53.5 Å².